The summed E-state index contributed by atoms with van der Waals surface area (Å²) >= 11 is 0. The molecule has 0 amide bonds. The van der Waals surface area contributed by atoms with Crippen LogP contribution in [0.15, 0.2) is 73.2 Å². The molecule has 0 bridgehead atoms. The van der Waals surface area contributed by atoms with Crippen LogP contribution in [0.3, 0.4) is 0 Å². The van der Waals surface area contributed by atoms with E-state index < -0.39 is 4.92 Å². The summed E-state index contributed by atoms with van der Waals surface area (Å²) in [6.07, 6.45) is 2.91. The number of benzene rings is 2. The molecular weight excluding hydrogens is 408 g/mol. The van der Waals surface area contributed by atoms with Crippen molar-refractivity contribution in [1.82, 2.24) is 19.9 Å². The largest absolute Gasteiger partial charge is 0.431 e. The molecule has 0 unspecified atom stereocenters. The molecule has 0 aliphatic heterocycles. The van der Waals surface area contributed by atoms with Gasteiger partial charge in [-0.25, -0.2) is 9.97 Å². The fraction of sp³-hybridized carbons (Fsp3) is 0.0435. The van der Waals surface area contributed by atoms with Gasteiger partial charge < -0.3 is 10.1 Å². The number of hydrogen-bond acceptors (Lipinski definition) is 8. The minimum Gasteiger partial charge on any atom is -0.431 e. The molecular formula is C23H16N6O3. The summed E-state index contributed by atoms with van der Waals surface area (Å²) in [6.45, 7) is 1.87. The first kappa shape index (κ1) is 19.3. The molecule has 32 heavy (non-hydrogen) atoms. The van der Waals surface area contributed by atoms with E-state index >= 15 is 0 Å². The minimum absolute atomic E-state index is 0.0146. The van der Waals surface area contributed by atoms with Gasteiger partial charge in [-0.1, -0.05) is 24.3 Å². The molecule has 5 rings (SSSR count). The minimum atomic E-state index is -0.565. The fourth-order valence-corrected chi connectivity index (χ4v) is 3.44. The third kappa shape index (κ3) is 3.52. The predicted octanol–water partition coefficient (Wildman–Crippen LogP) is 5.33. The highest BCUT2D eigenvalue weighted by Gasteiger charge is 2.26. The van der Waals surface area contributed by atoms with E-state index in [1.54, 1.807) is 30.5 Å². The highest BCUT2D eigenvalue weighted by atomic mass is 16.6. The Labute approximate surface area is 181 Å². The van der Waals surface area contributed by atoms with Gasteiger partial charge in [0.25, 0.3) is 0 Å². The summed E-state index contributed by atoms with van der Waals surface area (Å²) < 4.78 is 5.90. The van der Waals surface area contributed by atoms with Gasteiger partial charge in [-0.05, 0) is 43.3 Å². The maximum Gasteiger partial charge on any atom is 0.373 e. The maximum atomic E-state index is 12.0. The zero-order valence-corrected chi connectivity index (χ0v) is 16.9. The Morgan fingerprint density at radius 2 is 1.84 bits per heavy atom. The summed E-state index contributed by atoms with van der Waals surface area (Å²) in [5, 5.41) is 16.7. The van der Waals surface area contributed by atoms with E-state index in [2.05, 4.69) is 25.3 Å². The number of fused-ring (bicyclic) bond motifs is 2. The molecule has 0 fully saturated rings. The Balaban J connectivity index is 1.59. The van der Waals surface area contributed by atoms with E-state index in [1.165, 1.54) is 6.33 Å². The van der Waals surface area contributed by atoms with Gasteiger partial charge in [-0.2, -0.15) is 4.98 Å². The lowest BCUT2D eigenvalue weighted by molar-refractivity contribution is -0.385. The van der Waals surface area contributed by atoms with Crippen LogP contribution in [0.5, 0.6) is 11.6 Å². The molecule has 3 aromatic heterocycles. The van der Waals surface area contributed by atoms with Gasteiger partial charge in [0.05, 0.1) is 10.4 Å². The Kier molecular flexibility index (Phi) is 4.75. The number of nitro groups is 1. The number of pyridine rings is 2. The number of ether oxygens (including phenoxy) is 1. The number of hydrogen-bond donors (Lipinski definition) is 1. The monoisotopic (exact) mass is 424 g/mol. The number of nitrogens with one attached hydrogen (secondary N) is 1. The van der Waals surface area contributed by atoms with E-state index in [-0.39, 0.29) is 17.4 Å². The summed E-state index contributed by atoms with van der Waals surface area (Å²) in [7, 11) is 0. The van der Waals surface area contributed by atoms with Crippen molar-refractivity contribution in [2.24, 2.45) is 0 Å². The van der Waals surface area contributed by atoms with Crippen LogP contribution in [0, 0.1) is 17.0 Å². The van der Waals surface area contributed by atoms with Crippen LogP contribution in [-0.4, -0.2) is 24.9 Å². The van der Waals surface area contributed by atoms with Gasteiger partial charge in [-0.15, -0.1) is 0 Å². The third-order valence-corrected chi connectivity index (χ3v) is 4.90. The number of aryl methyl sites for hydroxylation is 1. The van der Waals surface area contributed by atoms with Gasteiger partial charge in [-0.3, -0.25) is 15.1 Å². The highest BCUT2D eigenvalue weighted by molar-refractivity contribution is 5.93. The van der Waals surface area contributed by atoms with Gasteiger partial charge >= 0.3 is 11.6 Å². The number of aromatic nitrogens is 4. The average molecular weight is 424 g/mol. The topological polar surface area (TPSA) is 116 Å². The second kappa shape index (κ2) is 7.88. The summed E-state index contributed by atoms with van der Waals surface area (Å²) in [4.78, 5) is 28.4. The fourth-order valence-electron chi connectivity index (χ4n) is 3.44. The summed E-state index contributed by atoms with van der Waals surface area (Å²) in [6, 6.07) is 18.3. The molecule has 0 spiro atoms. The predicted molar refractivity (Wildman–Crippen MR) is 120 cm³/mol. The Morgan fingerprint density at radius 1 is 0.969 bits per heavy atom. The number of rotatable bonds is 5. The first-order valence-corrected chi connectivity index (χ1v) is 9.74. The maximum absolute atomic E-state index is 12.0. The summed E-state index contributed by atoms with van der Waals surface area (Å²) in [5.74, 6) is 0.204. The van der Waals surface area contributed by atoms with E-state index in [0.29, 0.717) is 17.0 Å². The smallest absolute Gasteiger partial charge is 0.373 e. The van der Waals surface area contributed by atoms with Crippen molar-refractivity contribution in [3.63, 3.8) is 0 Å². The molecule has 0 atom stereocenters. The lowest BCUT2D eigenvalue weighted by atomic mass is 10.2. The Hall–Kier alpha value is -4.66. The number of anilines is 2. The normalized spacial score (nSPS) is 10.9. The molecule has 2 aromatic carbocycles. The van der Waals surface area contributed by atoms with Crippen LogP contribution in [0.1, 0.15) is 5.69 Å². The molecule has 3 heterocycles. The first-order chi connectivity index (χ1) is 15.6. The Morgan fingerprint density at radius 3 is 2.72 bits per heavy atom. The average Bonchev–Trinajstić information content (AvgIpc) is 2.80. The van der Waals surface area contributed by atoms with Crippen LogP contribution >= 0.6 is 0 Å². The van der Waals surface area contributed by atoms with Crippen molar-refractivity contribution in [3.8, 4) is 11.6 Å². The first-order valence-electron chi connectivity index (χ1n) is 9.74. The van der Waals surface area contributed by atoms with E-state index in [9.17, 15) is 10.1 Å². The van der Waals surface area contributed by atoms with Crippen molar-refractivity contribution in [1.29, 1.82) is 0 Å². The quantitative estimate of drug-likeness (QED) is 0.297. The van der Waals surface area contributed by atoms with Gasteiger partial charge in [0.15, 0.2) is 5.75 Å². The lowest BCUT2D eigenvalue weighted by Crippen LogP contribution is -2.04. The van der Waals surface area contributed by atoms with Gasteiger partial charge in [0, 0.05) is 28.4 Å². The number of nitrogens with zero attached hydrogens (tertiary/aromatic N) is 5. The molecule has 5 aromatic rings. The second-order valence-electron chi connectivity index (χ2n) is 7.02. The molecule has 0 aliphatic carbocycles. The molecule has 156 valence electrons. The molecule has 1 N–H and O–H groups in total. The van der Waals surface area contributed by atoms with E-state index in [4.69, 9.17) is 4.74 Å². The zero-order valence-electron chi connectivity index (χ0n) is 16.9. The van der Waals surface area contributed by atoms with Gasteiger partial charge in [0.2, 0.25) is 5.82 Å². The molecule has 0 radical (unpaired) electrons. The third-order valence-electron chi connectivity index (χ3n) is 4.90. The SMILES string of the molecule is Cc1ccc2cccc(Oc3ncnc(Nc4cccc5ncccc45)c3[N+](=O)[O-])c2n1. The van der Waals surface area contributed by atoms with Crippen LogP contribution in [0.4, 0.5) is 17.2 Å². The van der Waals surface area contributed by atoms with Crippen molar-refractivity contribution < 1.29 is 9.66 Å². The lowest BCUT2D eigenvalue weighted by Gasteiger charge is -2.12. The van der Waals surface area contributed by atoms with E-state index in [0.717, 1.165) is 22.0 Å². The summed E-state index contributed by atoms with van der Waals surface area (Å²) in [5.41, 5.74) is 2.40. The standard InChI is InChI=1S/C23H16N6O3/c1-14-10-11-15-5-2-9-19(20(15)27-14)32-23-21(29(30)31)22(25-13-26-23)28-18-8-3-7-17-16(18)6-4-12-24-17/h2-13H,1H3,(H,25,26,28). The van der Waals surface area contributed by atoms with Gasteiger partial charge in [0.1, 0.15) is 11.8 Å². The molecule has 9 heteroatoms. The van der Waals surface area contributed by atoms with Crippen molar-refractivity contribution >= 4 is 39.0 Å². The Bertz CT molecular complexity index is 1480. The van der Waals surface area contributed by atoms with Crippen LogP contribution in [-0.2, 0) is 0 Å². The zero-order chi connectivity index (χ0) is 22.1. The number of para-hydroxylation sites is 1. The van der Waals surface area contributed by atoms with Crippen LogP contribution in [0.2, 0.25) is 0 Å². The molecule has 9 nitrogen and oxygen atoms in total. The highest BCUT2D eigenvalue weighted by Crippen LogP contribution is 2.38. The molecule has 0 aliphatic rings. The van der Waals surface area contributed by atoms with Crippen LogP contribution in [0.25, 0.3) is 21.8 Å². The van der Waals surface area contributed by atoms with Crippen molar-refractivity contribution in [3.05, 3.63) is 89.0 Å². The van der Waals surface area contributed by atoms with Crippen LogP contribution < -0.4 is 10.1 Å². The second-order valence-corrected chi connectivity index (χ2v) is 7.02. The molecule has 0 saturated heterocycles. The van der Waals surface area contributed by atoms with E-state index in [1.807, 2.05) is 43.3 Å². The van der Waals surface area contributed by atoms with Crippen molar-refractivity contribution in [2.45, 2.75) is 6.92 Å². The molecule has 0 saturated carbocycles. The van der Waals surface area contributed by atoms with Crippen molar-refractivity contribution in [2.75, 3.05) is 5.32 Å².